The van der Waals surface area contributed by atoms with Gasteiger partial charge in [-0.3, -0.25) is 9.69 Å². The van der Waals surface area contributed by atoms with Crippen molar-refractivity contribution in [3.63, 3.8) is 0 Å². The van der Waals surface area contributed by atoms with E-state index in [1.165, 1.54) is 12.8 Å². The molecule has 1 saturated carbocycles. The summed E-state index contributed by atoms with van der Waals surface area (Å²) in [5, 5.41) is 8.99. The van der Waals surface area contributed by atoms with Gasteiger partial charge in [0.05, 0.1) is 6.61 Å². The van der Waals surface area contributed by atoms with Crippen molar-refractivity contribution < 1.29 is 14.6 Å². The van der Waals surface area contributed by atoms with E-state index in [2.05, 4.69) is 0 Å². The number of rotatable bonds is 9. The Morgan fingerprint density at radius 1 is 1.62 bits per heavy atom. The van der Waals surface area contributed by atoms with Crippen molar-refractivity contribution in [1.82, 2.24) is 4.90 Å². The molecule has 0 saturated heterocycles. The fourth-order valence-corrected chi connectivity index (χ4v) is 1.59. The maximum absolute atomic E-state index is 10.9. The van der Waals surface area contributed by atoms with Crippen LogP contribution in [0.3, 0.4) is 0 Å². The summed E-state index contributed by atoms with van der Waals surface area (Å²) in [6.07, 6.45) is 3.04. The monoisotopic (exact) mass is 230 g/mol. The Morgan fingerprint density at radius 2 is 2.31 bits per heavy atom. The highest BCUT2D eigenvalue weighted by Gasteiger charge is 2.23. The van der Waals surface area contributed by atoms with E-state index in [4.69, 9.17) is 15.6 Å². The molecule has 1 atom stereocenters. The van der Waals surface area contributed by atoms with Gasteiger partial charge in [-0.1, -0.05) is 0 Å². The molecule has 3 N–H and O–H groups in total. The third kappa shape index (κ3) is 4.92. The molecule has 5 nitrogen and oxygen atoms in total. The number of likely N-dealkylation sites (N-methyl/N-ethyl adjacent to an activating group) is 1. The fourth-order valence-electron chi connectivity index (χ4n) is 1.59. The maximum Gasteiger partial charge on any atom is 0.320 e. The molecule has 0 amide bonds. The lowest BCUT2D eigenvalue weighted by molar-refractivity contribution is -0.143. The third-order valence-electron chi connectivity index (χ3n) is 2.90. The number of carbonyl (C=O) groups is 1. The first-order chi connectivity index (χ1) is 7.65. The summed E-state index contributed by atoms with van der Waals surface area (Å²) in [4.78, 5) is 12.7. The molecule has 0 heterocycles. The van der Waals surface area contributed by atoms with Crippen molar-refractivity contribution in [3.05, 3.63) is 0 Å². The molecule has 1 unspecified atom stereocenters. The van der Waals surface area contributed by atoms with Crippen LogP contribution < -0.4 is 5.73 Å². The second-order valence-electron chi connectivity index (χ2n) is 4.43. The van der Waals surface area contributed by atoms with Crippen molar-refractivity contribution in [2.45, 2.75) is 25.3 Å². The molecule has 0 radical (unpaired) electrons. The third-order valence-corrected chi connectivity index (χ3v) is 2.90. The lowest BCUT2D eigenvalue weighted by Gasteiger charge is -2.23. The van der Waals surface area contributed by atoms with Gasteiger partial charge in [0, 0.05) is 13.2 Å². The molecule has 94 valence electrons. The smallest absolute Gasteiger partial charge is 0.320 e. The van der Waals surface area contributed by atoms with E-state index in [0.717, 1.165) is 12.5 Å². The molecule has 16 heavy (non-hydrogen) atoms. The van der Waals surface area contributed by atoms with Crippen LogP contribution in [0.15, 0.2) is 0 Å². The quantitative estimate of drug-likeness (QED) is 0.551. The fraction of sp³-hybridized carbons (Fsp3) is 0.909. The Labute approximate surface area is 96.6 Å². The predicted molar refractivity (Wildman–Crippen MR) is 61.3 cm³/mol. The summed E-state index contributed by atoms with van der Waals surface area (Å²) < 4.78 is 5.47. The van der Waals surface area contributed by atoms with Gasteiger partial charge in [0.2, 0.25) is 0 Å². The van der Waals surface area contributed by atoms with Gasteiger partial charge >= 0.3 is 5.97 Å². The SMILES string of the molecule is CN(CCOCC1CC1)C(CCN)C(=O)O. The zero-order valence-electron chi connectivity index (χ0n) is 9.89. The Morgan fingerprint density at radius 3 is 2.81 bits per heavy atom. The number of hydrogen-bond acceptors (Lipinski definition) is 4. The minimum atomic E-state index is -0.810. The standard InChI is InChI=1S/C11H22N2O3/c1-13(10(4-5-12)11(14)15)6-7-16-8-9-2-3-9/h9-10H,2-8,12H2,1H3,(H,14,15). The maximum atomic E-state index is 10.9. The van der Waals surface area contributed by atoms with E-state index in [1.54, 1.807) is 11.9 Å². The van der Waals surface area contributed by atoms with Gasteiger partial charge < -0.3 is 15.6 Å². The van der Waals surface area contributed by atoms with E-state index in [-0.39, 0.29) is 0 Å². The van der Waals surface area contributed by atoms with Gasteiger partial charge in [0.1, 0.15) is 6.04 Å². The van der Waals surface area contributed by atoms with Crippen LogP contribution in [0, 0.1) is 5.92 Å². The van der Waals surface area contributed by atoms with E-state index in [9.17, 15) is 4.79 Å². The van der Waals surface area contributed by atoms with Crippen LogP contribution in [0.25, 0.3) is 0 Å². The summed E-state index contributed by atoms with van der Waals surface area (Å²) >= 11 is 0. The molecule has 1 aliphatic rings. The number of aliphatic carboxylic acids is 1. The zero-order valence-corrected chi connectivity index (χ0v) is 9.89. The normalized spacial score (nSPS) is 17.7. The molecule has 1 rings (SSSR count). The Balaban J connectivity index is 2.13. The molecule has 0 aliphatic heterocycles. The molecule has 0 aromatic rings. The van der Waals surface area contributed by atoms with Crippen LogP contribution in [-0.4, -0.2) is 55.4 Å². The Hall–Kier alpha value is -0.650. The summed E-state index contributed by atoms with van der Waals surface area (Å²) in [7, 11) is 1.80. The topological polar surface area (TPSA) is 75.8 Å². The van der Waals surface area contributed by atoms with Crippen LogP contribution in [0.1, 0.15) is 19.3 Å². The zero-order chi connectivity index (χ0) is 12.0. The van der Waals surface area contributed by atoms with Crippen LogP contribution in [0.2, 0.25) is 0 Å². The molecule has 1 fully saturated rings. The van der Waals surface area contributed by atoms with E-state index in [0.29, 0.717) is 26.1 Å². The van der Waals surface area contributed by atoms with E-state index < -0.39 is 12.0 Å². The summed E-state index contributed by atoms with van der Waals surface area (Å²) in [5.74, 6) is -0.0558. The average Bonchev–Trinajstić information content (AvgIpc) is 3.04. The minimum Gasteiger partial charge on any atom is -0.480 e. The largest absolute Gasteiger partial charge is 0.480 e. The Kier molecular flexibility index (Phi) is 5.73. The summed E-state index contributed by atoms with van der Waals surface area (Å²) in [6, 6.07) is -0.491. The summed E-state index contributed by atoms with van der Waals surface area (Å²) in [6.45, 7) is 2.46. The van der Waals surface area contributed by atoms with Crippen LogP contribution >= 0.6 is 0 Å². The molecule has 0 aromatic heterocycles. The Bertz CT molecular complexity index is 219. The van der Waals surface area contributed by atoms with Gasteiger partial charge in [-0.05, 0) is 38.8 Å². The number of ether oxygens (including phenoxy) is 1. The van der Waals surface area contributed by atoms with Crippen LogP contribution in [0.5, 0.6) is 0 Å². The van der Waals surface area contributed by atoms with Crippen molar-refractivity contribution in [2.75, 3.05) is 33.4 Å². The van der Waals surface area contributed by atoms with Crippen LogP contribution in [-0.2, 0) is 9.53 Å². The summed E-state index contributed by atoms with van der Waals surface area (Å²) in [5.41, 5.74) is 5.39. The minimum absolute atomic E-state index is 0.393. The van der Waals surface area contributed by atoms with Gasteiger partial charge in [-0.25, -0.2) is 0 Å². The van der Waals surface area contributed by atoms with Crippen molar-refractivity contribution in [1.29, 1.82) is 0 Å². The first-order valence-corrected chi connectivity index (χ1v) is 5.86. The number of nitrogens with zero attached hydrogens (tertiary/aromatic N) is 1. The molecule has 0 bridgehead atoms. The number of hydrogen-bond donors (Lipinski definition) is 2. The first-order valence-electron chi connectivity index (χ1n) is 5.86. The number of carboxylic acids is 1. The van der Waals surface area contributed by atoms with Crippen molar-refractivity contribution in [3.8, 4) is 0 Å². The number of carboxylic acid groups (broad SMARTS) is 1. The molecular formula is C11H22N2O3. The van der Waals surface area contributed by atoms with Crippen molar-refractivity contribution >= 4 is 5.97 Å². The van der Waals surface area contributed by atoms with Gasteiger partial charge in [0.25, 0.3) is 0 Å². The highest BCUT2D eigenvalue weighted by atomic mass is 16.5. The van der Waals surface area contributed by atoms with Gasteiger partial charge in [-0.15, -0.1) is 0 Å². The van der Waals surface area contributed by atoms with Gasteiger partial charge in [-0.2, -0.15) is 0 Å². The highest BCUT2D eigenvalue weighted by molar-refractivity contribution is 5.73. The molecule has 1 aliphatic carbocycles. The van der Waals surface area contributed by atoms with Crippen molar-refractivity contribution in [2.24, 2.45) is 11.7 Å². The van der Waals surface area contributed by atoms with Crippen LogP contribution in [0.4, 0.5) is 0 Å². The second-order valence-corrected chi connectivity index (χ2v) is 4.43. The molecule has 5 heteroatoms. The van der Waals surface area contributed by atoms with E-state index in [1.807, 2.05) is 0 Å². The number of nitrogens with two attached hydrogens (primary N) is 1. The molecule has 0 aromatic carbocycles. The molecular weight excluding hydrogens is 208 g/mol. The molecule has 0 spiro atoms. The average molecular weight is 230 g/mol. The first kappa shape index (κ1) is 13.4. The van der Waals surface area contributed by atoms with E-state index >= 15 is 0 Å². The highest BCUT2D eigenvalue weighted by Crippen LogP contribution is 2.28. The van der Waals surface area contributed by atoms with Gasteiger partial charge in [0.15, 0.2) is 0 Å². The predicted octanol–water partition coefficient (Wildman–Crippen LogP) is 0.147. The second kappa shape index (κ2) is 6.83. The lowest BCUT2D eigenvalue weighted by Crippen LogP contribution is -2.41. The lowest BCUT2D eigenvalue weighted by atomic mass is 10.2.